The van der Waals surface area contributed by atoms with Crippen LogP contribution in [0.25, 0.3) is 0 Å². The van der Waals surface area contributed by atoms with Crippen LogP contribution in [0, 0.1) is 30.3 Å². The summed E-state index contributed by atoms with van der Waals surface area (Å²) in [6.45, 7) is 0. The SMILES string of the molecule is O=[N+]([O-])O.O=[N+]([O-])O.O=[N+]([O-])O.[CaH2]. The van der Waals surface area contributed by atoms with Crippen molar-refractivity contribution in [3.8, 4) is 0 Å². The minimum atomic E-state index is -1.50. The summed E-state index contributed by atoms with van der Waals surface area (Å²) in [4.78, 5) is 25.1. The van der Waals surface area contributed by atoms with Crippen LogP contribution in [0.3, 0.4) is 0 Å². The molecule has 0 amide bonds. The zero-order valence-corrected chi connectivity index (χ0v) is 5.13. The fourth-order valence-corrected chi connectivity index (χ4v) is 0. The van der Waals surface area contributed by atoms with E-state index in [1.165, 1.54) is 0 Å². The Kier molecular flexibility index (Phi) is 29.8. The number of hydrogen-bond donors (Lipinski definition) is 3. The van der Waals surface area contributed by atoms with Crippen LogP contribution in [-0.4, -0.2) is 68.6 Å². The monoisotopic (exact) mass is 231 g/mol. The van der Waals surface area contributed by atoms with Crippen LogP contribution in [-0.2, 0) is 0 Å². The maximum atomic E-state index is 8.36. The van der Waals surface area contributed by atoms with Crippen LogP contribution < -0.4 is 0 Å². The molecule has 0 unspecified atom stereocenters. The summed E-state index contributed by atoms with van der Waals surface area (Å²) in [6, 6.07) is 0. The van der Waals surface area contributed by atoms with Gasteiger partial charge in [-0.05, 0) is 0 Å². The van der Waals surface area contributed by atoms with E-state index in [9.17, 15) is 0 Å². The van der Waals surface area contributed by atoms with Crippen LogP contribution in [0.5, 0.6) is 0 Å². The molecule has 0 fully saturated rings. The van der Waals surface area contributed by atoms with E-state index >= 15 is 0 Å². The van der Waals surface area contributed by atoms with Crippen molar-refractivity contribution in [2.24, 2.45) is 0 Å². The van der Waals surface area contributed by atoms with Gasteiger partial charge in [-0.2, -0.15) is 0 Å². The molecule has 13 heteroatoms. The first-order valence-electron chi connectivity index (χ1n) is 1.70. The molecule has 0 aromatic heterocycles. The zero-order chi connectivity index (χ0) is 10.7. The average molecular weight is 231 g/mol. The third-order valence-electron chi connectivity index (χ3n) is 0. The van der Waals surface area contributed by atoms with Gasteiger partial charge in [0, 0.05) is 0 Å². The van der Waals surface area contributed by atoms with Crippen LogP contribution in [0.4, 0.5) is 0 Å². The van der Waals surface area contributed by atoms with Gasteiger partial charge in [0.1, 0.15) is 0 Å². The molecule has 0 heterocycles. The molecule has 0 aromatic rings. The Morgan fingerprint density at radius 3 is 0.692 bits per heavy atom. The van der Waals surface area contributed by atoms with E-state index < -0.39 is 15.3 Å². The molecule has 0 aliphatic carbocycles. The summed E-state index contributed by atoms with van der Waals surface area (Å²) < 4.78 is 0. The van der Waals surface area contributed by atoms with Crippen molar-refractivity contribution in [1.29, 1.82) is 0 Å². The Morgan fingerprint density at radius 1 is 0.692 bits per heavy atom. The van der Waals surface area contributed by atoms with Crippen LogP contribution in [0.2, 0.25) is 0 Å². The molecule has 0 aromatic carbocycles. The summed E-state index contributed by atoms with van der Waals surface area (Å²) in [6.07, 6.45) is 0. The van der Waals surface area contributed by atoms with Gasteiger partial charge < -0.3 is 15.6 Å². The molecule has 13 heavy (non-hydrogen) atoms. The standard InChI is InChI=1S/Ca.3HNO3.2H/c;3*2-1(3)4;;/h;3*(H,2,3,4);;. The number of rotatable bonds is 0. The van der Waals surface area contributed by atoms with Crippen LogP contribution >= 0.6 is 0 Å². The second-order valence-electron chi connectivity index (χ2n) is 0.714. The van der Waals surface area contributed by atoms with Gasteiger partial charge in [-0.1, -0.05) is 0 Å². The Hall–Kier alpha value is -1.14. The van der Waals surface area contributed by atoms with Gasteiger partial charge in [0.2, 0.25) is 0 Å². The van der Waals surface area contributed by atoms with Crippen LogP contribution in [0.15, 0.2) is 0 Å². The van der Waals surface area contributed by atoms with Crippen molar-refractivity contribution < 1.29 is 30.9 Å². The summed E-state index contributed by atoms with van der Waals surface area (Å²) in [5, 5.41) is 40.9. The predicted octanol–water partition coefficient (Wildman–Crippen LogP) is -1.96. The quantitative estimate of drug-likeness (QED) is 0.241. The van der Waals surface area contributed by atoms with Crippen molar-refractivity contribution in [3.63, 3.8) is 0 Å². The minimum absolute atomic E-state index is 0. The topological polar surface area (TPSA) is 190 Å². The Balaban J connectivity index is -0.0000000450. The molecule has 0 saturated heterocycles. The Bertz CT molecular complexity index is 112. The predicted molar refractivity (Wildman–Crippen MR) is 34.9 cm³/mol. The fourth-order valence-electron chi connectivity index (χ4n) is 0. The molecular weight excluding hydrogens is 226 g/mol. The molecule has 0 aliphatic rings. The molecular formula is H5CaN3O9. The third kappa shape index (κ3) is 656. The maximum absolute atomic E-state index is 8.36. The average Bonchev–Trinajstić information content (AvgIpc) is 1.54. The first-order valence-corrected chi connectivity index (χ1v) is 1.70. The van der Waals surface area contributed by atoms with Gasteiger partial charge in [-0.15, -0.1) is 30.3 Å². The fraction of sp³-hybridized carbons (Fsp3) is 0. The normalized spacial score (nSPS) is 5.54. The van der Waals surface area contributed by atoms with E-state index in [4.69, 9.17) is 46.0 Å². The molecule has 3 N–H and O–H groups in total. The van der Waals surface area contributed by atoms with Crippen LogP contribution in [0.1, 0.15) is 0 Å². The van der Waals surface area contributed by atoms with Crippen molar-refractivity contribution in [2.45, 2.75) is 0 Å². The second kappa shape index (κ2) is 17.1. The van der Waals surface area contributed by atoms with E-state index in [1.807, 2.05) is 0 Å². The summed E-state index contributed by atoms with van der Waals surface area (Å²) in [5.74, 6) is 0. The van der Waals surface area contributed by atoms with Gasteiger partial charge in [-0.3, -0.25) is 0 Å². The van der Waals surface area contributed by atoms with E-state index in [2.05, 4.69) is 0 Å². The Morgan fingerprint density at radius 2 is 0.692 bits per heavy atom. The molecule has 76 valence electrons. The molecule has 0 atom stereocenters. The summed E-state index contributed by atoms with van der Waals surface area (Å²) >= 11 is 0. The van der Waals surface area contributed by atoms with E-state index in [0.717, 1.165) is 0 Å². The zero-order valence-electron chi connectivity index (χ0n) is 5.13. The number of nitrogens with zero attached hydrogens (tertiary/aromatic N) is 3. The molecule has 0 saturated carbocycles. The van der Waals surface area contributed by atoms with Gasteiger partial charge in [-0.25, -0.2) is 0 Å². The van der Waals surface area contributed by atoms with Crippen molar-refractivity contribution in [3.05, 3.63) is 30.3 Å². The van der Waals surface area contributed by atoms with Gasteiger partial charge >= 0.3 is 37.7 Å². The number of hydrogen-bond acceptors (Lipinski definition) is 6. The summed E-state index contributed by atoms with van der Waals surface area (Å²) in [7, 11) is 0. The first kappa shape index (κ1) is 22.6. The van der Waals surface area contributed by atoms with E-state index in [-0.39, 0.29) is 37.7 Å². The Labute approximate surface area is 98.7 Å². The third-order valence-corrected chi connectivity index (χ3v) is 0. The second-order valence-corrected chi connectivity index (χ2v) is 0.714. The van der Waals surface area contributed by atoms with E-state index in [1.54, 1.807) is 0 Å². The molecule has 0 bridgehead atoms. The molecule has 12 nitrogen and oxygen atoms in total. The van der Waals surface area contributed by atoms with Gasteiger partial charge in [0.25, 0.3) is 15.3 Å². The first-order chi connectivity index (χ1) is 5.20. The van der Waals surface area contributed by atoms with Crippen molar-refractivity contribution in [2.75, 3.05) is 0 Å². The molecule has 0 radical (unpaired) electrons. The molecule has 0 aliphatic heterocycles. The van der Waals surface area contributed by atoms with Gasteiger partial charge in [0.15, 0.2) is 0 Å². The molecule has 0 spiro atoms. The van der Waals surface area contributed by atoms with Crippen molar-refractivity contribution in [1.82, 2.24) is 0 Å². The molecule has 0 rings (SSSR count). The van der Waals surface area contributed by atoms with E-state index in [0.29, 0.717) is 0 Å². The van der Waals surface area contributed by atoms with Crippen molar-refractivity contribution >= 4 is 37.7 Å². The summed E-state index contributed by atoms with van der Waals surface area (Å²) in [5.41, 5.74) is 0. The van der Waals surface area contributed by atoms with Gasteiger partial charge in [0.05, 0.1) is 0 Å².